The normalized spacial score (nSPS) is 18.0. The molecule has 4 aromatic rings. The molecule has 0 spiro atoms. The van der Waals surface area contributed by atoms with Gasteiger partial charge in [0.25, 0.3) is 5.91 Å². The van der Waals surface area contributed by atoms with Crippen molar-refractivity contribution in [2.24, 2.45) is 7.05 Å². The van der Waals surface area contributed by atoms with Crippen molar-refractivity contribution in [1.82, 2.24) is 19.8 Å². The number of benzene rings is 3. The monoisotopic (exact) mass is 751 g/mol. The predicted octanol–water partition coefficient (Wildman–Crippen LogP) is 6.31. The number of methoxy groups -OCH3 is 1. The van der Waals surface area contributed by atoms with E-state index in [0.29, 0.717) is 42.9 Å². The van der Waals surface area contributed by atoms with Gasteiger partial charge in [-0.1, -0.05) is 53.5 Å². The van der Waals surface area contributed by atoms with Crippen LogP contribution < -0.4 is 20.1 Å². The Morgan fingerprint density at radius 3 is 2.58 bits per heavy atom. The van der Waals surface area contributed by atoms with Gasteiger partial charge in [0.05, 0.1) is 30.1 Å². The number of rotatable bonds is 12. The molecule has 1 aliphatic heterocycles. The summed E-state index contributed by atoms with van der Waals surface area (Å²) in [6.07, 6.45) is 2.48. The third-order valence-corrected chi connectivity index (χ3v) is 11.4. The first kappa shape index (κ1) is 36.2. The standard InChI is InChI=1S/C38H40Cl2FN5O6/c1-20(19-47)46-15-12-28-27(18-46)43-35(45(28)2)36(48)44-26-9-5-8-24(32(26)39)21-6-4-7-23-22(21)10-11-29(23)52-31-16-30(51-3)25(34(41)33(31)40)17-42-38(13-14-38)37(49)50/h4-9,16,20,29,42,47H,10-15,17-19H2,1-3H3,(H,44,48)(H,49,50). The molecule has 0 bridgehead atoms. The lowest BCUT2D eigenvalue weighted by molar-refractivity contribution is -0.140. The van der Waals surface area contributed by atoms with Crippen molar-refractivity contribution in [1.29, 1.82) is 0 Å². The molecule has 14 heteroatoms. The maximum Gasteiger partial charge on any atom is 0.323 e. The van der Waals surface area contributed by atoms with Crippen molar-refractivity contribution in [3.63, 3.8) is 0 Å². The molecule has 2 unspecified atom stereocenters. The molecule has 1 aromatic heterocycles. The Balaban J connectivity index is 1.10. The van der Waals surface area contributed by atoms with E-state index in [2.05, 4.69) is 20.5 Å². The van der Waals surface area contributed by atoms with Crippen LogP contribution in [0.1, 0.15) is 71.0 Å². The molecule has 1 saturated carbocycles. The topological polar surface area (TPSA) is 138 Å². The summed E-state index contributed by atoms with van der Waals surface area (Å²) in [6, 6.07) is 12.9. The molecule has 11 nitrogen and oxygen atoms in total. The summed E-state index contributed by atoms with van der Waals surface area (Å²) in [5.74, 6) is -1.47. The zero-order chi connectivity index (χ0) is 36.9. The summed E-state index contributed by atoms with van der Waals surface area (Å²) in [7, 11) is 3.25. The summed E-state index contributed by atoms with van der Waals surface area (Å²) in [4.78, 5) is 32.0. The first-order chi connectivity index (χ1) is 25.0. The zero-order valence-corrected chi connectivity index (χ0v) is 30.6. The minimum Gasteiger partial charge on any atom is -0.496 e. The van der Waals surface area contributed by atoms with Crippen LogP contribution in [0, 0.1) is 5.82 Å². The van der Waals surface area contributed by atoms with E-state index in [9.17, 15) is 19.8 Å². The quantitative estimate of drug-likeness (QED) is 0.131. The first-order valence-electron chi connectivity index (χ1n) is 17.3. The lowest BCUT2D eigenvalue weighted by Gasteiger charge is -2.30. The number of nitrogens with one attached hydrogen (secondary N) is 2. The van der Waals surface area contributed by atoms with Crippen molar-refractivity contribution in [2.45, 2.75) is 69.8 Å². The van der Waals surface area contributed by atoms with Gasteiger partial charge in [0.1, 0.15) is 28.2 Å². The van der Waals surface area contributed by atoms with Crippen molar-refractivity contribution in [3.05, 3.63) is 92.2 Å². The van der Waals surface area contributed by atoms with E-state index < -0.39 is 23.4 Å². The van der Waals surface area contributed by atoms with Crippen LogP contribution in [0.4, 0.5) is 10.1 Å². The van der Waals surface area contributed by atoms with Gasteiger partial charge in [0.2, 0.25) is 0 Å². The highest BCUT2D eigenvalue weighted by molar-refractivity contribution is 6.36. The van der Waals surface area contributed by atoms with Gasteiger partial charge in [-0.2, -0.15) is 0 Å². The number of carbonyl (C=O) groups excluding carboxylic acids is 1. The van der Waals surface area contributed by atoms with Crippen molar-refractivity contribution >= 4 is 40.8 Å². The Kier molecular flexibility index (Phi) is 9.96. The molecule has 3 aromatic carbocycles. The summed E-state index contributed by atoms with van der Waals surface area (Å²) < 4.78 is 29.3. The third-order valence-electron chi connectivity index (χ3n) is 10.6. The van der Waals surface area contributed by atoms with Crippen molar-refractivity contribution in [3.8, 4) is 22.6 Å². The number of aliphatic hydroxyl groups is 1. The third kappa shape index (κ3) is 6.51. The van der Waals surface area contributed by atoms with E-state index in [1.165, 1.54) is 13.2 Å². The number of halogens is 3. The molecule has 7 rings (SSSR count). The second kappa shape index (κ2) is 14.3. The minimum atomic E-state index is -1.06. The van der Waals surface area contributed by atoms with E-state index in [4.69, 9.17) is 32.7 Å². The van der Waals surface area contributed by atoms with Gasteiger partial charge in [0, 0.05) is 62.0 Å². The second-order valence-corrected chi connectivity index (χ2v) is 14.5. The highest BCUT2D eigenvalue weighted by atomic mass is 35.5. The molecule has 0 radical (unpaired) electrons. The zero-order valence-electron chi connectivity index (χ0n) is 29.1. The van der Waals surface area contributed by atoms with Crippen LogP contribution in [0.25, 0.3) is 11.1 Å². The van der Waals surface area contributed by atoms with Gasteiger partial charge in [-0.25, -0.2) is 9.37 Å². The van der Waals surface area contributed by atoms with Gasteiger partial charge in [-0.3, -0.25) is 19.8 Å². The number of anilines is 1. The molecule has 1 amide bonds. The van der Waals surface area contributed by atoms with Crippen LogP contribution in [0.5, 0.6) is 11.5 Å². The number of ether oxygens (including phenoxy) is 2. The first-order valence-corrected chi connectivity index (χ1v) is 18.0. The number of amides is 1. The fourth-order valence-corrected chi connectivity index (χ4v) is 7.79. The van der Waals surface area contributed by atoms with E-state index in [-0.39, 0.29) is 53.0 Å². The maximum atomic E-state index is 15.6. The molecule has 3 aliphatic rings. The smallest absolute Gasteiger partial charge is 0.323 e. The van der Waals surface area contributed by atoms with Crippen LogP contribution in [-0.2, 0) is 37.8 Å². The molecule has 52 heavy (non-hydrogen) atoms. The van der Waals surface area contributed by atoms with Crippen molar-refractivity contribution < 1.29 is 33.7 Å². The SMILES string of the molecule is COc1cc(OC2CCc3c(-c4cccc(NC(=O)c5nc6c(n5C)CCN(C(C)CO)C6)c4Cl)cccc32)c(Cl)c(F)c1CNC1(C(=O)O)CC1. The Hall–Kier alpha value is -4.20. The van der Waals surface area contributed by atoms with Crippen LogP contribution in [0.2, 0.25) is 10.0 Å². The van der Waals surface area contributed by atoms with E-state index >= 15 is 4.39 Å². The predicted molar refractivity (Wildman–Crippen MR) is 195 cm³/mol. The molecule has 2 atom stereocenters. The number of nitrogens with zero attached hydrogens (tertiary/aromatic N) is 3. The molecule has 2 heterocycles. The number of aromatic nitrogens is 2. The number of hydrogen-bond acceptors (Lipinski definition) is 8. The van der Waals surface area contributed by atoms with Crippen LogP contribution in [0.3, 0.4) is 0 Å². The van der Waals surface area contributed by atoms with E-state index in [1.54, 1.807) is 6.07 Å². The van der Waals surface area contributed by atoms with E-state index in [1.807, 2.05) is 48.9 Å². The summed E-state index contributed by atoms with van der Waals surface area (Å²) >= 11 is 13.5. The summed E-state index contributed by atoms with van der Waals surface area (Å²) in [5.41, 5.74) is 4.90. The lowest BCUT2D eigenvalue weighted by atomic mass is 9.96. The van der Waals surface area contributed by atoms with Gasteiger partial charge < -0.3 is 29.6 Å². The summed E-state index contributed by atoms with van der Waals surface area (Å²) in [6.45, 7) is 3.29. The molecule has 4 N–H and O–H groups in total. The van der Waals surface area contributed by atoms with Crippen LogP contribution in [-0.4, -0.2) is 68.4 Å². The molecule has 274 valence electrons. The minimum absolute atomic E-state index is 0.00172. The highest BCUT2D eigenvalue weighted by Crippen LogP contribution is 2.46. The highest BCUT2D eigenvalue weighted by Gasteiger charge is 2.50. The molecule has 2 aliphatic carbocycles. The fraction of sp³-hybridized carbons (Fsp3) is 0.395. The Bertz CT molecular complexity index is 2070. The second-order valence-electron chi connectivity index (χ2n) is 13.7. The summed E-state index contributed by atoms with van der Waals surface area (Å²) in [5, 5.41) is 25.2. The fourth-order valence-electron chi connectivity index (χ4n) is 7.30. The molecular weight excluding hydrogens is 712 g/mol. The number of aliphatic carboxylic acids is 1. The van der Waals surface area contributed by atoms with Crippen LogP contribution in [0.15, 0.2) is 42.5 Å². The number of carboxylic acids is 1. The van der Waals surface area contributed by atoms with Gasteiger partial charge in [-0.15, -0.1) is 0 Å². The number of fused-ring (bicyclic) bond motifs is 2. The van der Waals surface area contributed by atoms with Crippen LogP contribution >= 0.6 is 23.2 Å². The number of aliphatic hydroxyl groups excluding tert-OH is 1. The van der Waals surface area contributed by atoms with Gasteiger partial charge in [0.15, 0.2) is 11.6 Å². The number of hydrogen-bond donors (Lipinski definition) is 4. The lowest BCUT2D eigenvalue weighted by Crippen LogP contribution is -2.39. The Labute approximate surface area is 310 Å². The molecule has 0 saturated heterocycles. The average molecular weight is 753 g/mol. The molecular formula is C38H40Cl2FN5O6. The molecule has 1 fully saturated rings. The van der Waals surface area contributed by atoms with E-state index in [0.717, 1.165) is 46.6 Å². The van der Waals surface area contributed by atoms with Crippen molar-refractivity contribution in [2.75, 3.05) is 25.6 Å². The number of carboxylic acid groups (broad SMARTS) is 1. The average Bonchev–Trinajstić information content (AvgIpc) is 3.73. The van der Waals surface area contributed by atoms with Gasteiger partial charge >= 0.3 is 5.97 Å². The van der Waals surface area contributed by atoms with Gasteiger partial charge in [-0.05, 0) is 55.4 Å². The Morgan fingerprint density at radius 2 is 1.87 bits per heavy atom. The number of carbonyl (C=O) groups is 2. The number of imidazole rings is 1. The largest absolute Gasteiger partial charge is 0.496 e. The maximum absolute atomic E-state index is 15.6. The Morgan fingerprint density at radius 1 is 1.12 bits per heavy atom.